The Bertz CT molecular complexity index is 544. The van der Waals surface area contributed by atoms with Gasteiger partial charge in [-0.15, -0.1) is 0 Å². The Labute approximate surface area is 114 Å². The number of hydrogen-bond donors (Lipinski definition) is 1. The minimum atomic E-state index is -1.29. The lowest BCUT2D eigenvalue weighted by Crippen LogP contribution is -2.32. The Morgan fingerprint density at radius 3 is 2.72 bits per heavy atom. The molecular formula is C13H14ClNO2S. The van der Waals surface area contributed by atoms with E-state index in [1.165, 1.54) is 4.31 Å². The van der Waals surface area contributed by atoms with Crippen LogP contribution in [0.15, 0.2) is 34.7 Å². The van der Waals surface area contributed by atoms with Gasteiger partial charge in [-0.1, -0.05) is 23.7 Å². The molecule has 18 heavy (non-hydrogen) atoms. The molecule has 3 nitrogen and oxygen atoms in total. The number of rotatable bonds is 1. The molecule has 1 aliphatic heterocycles. The number of aliphatic hydroxyl groups excluding tert-OH is 1. The lowest BCUT2D eigenvalue weighted by atomic mass is 9.98. The predicted octanol–water partition coefficient (Wildman–Crippen LogP) is 2.97. The zero-order valence-corrected chi connectivity index (χ0v) is 11.4. The highest BCUT2D eigenvalue weighted by atomic mass is 35.5. The molecule has 0 radical (unpaired) electrons. The van der Waals surface area contributed by atoms with Crippen molar-refractivity contribution in [3.8, 4) is 0 Å². The molecule has 0 amide bonds. The lowest BCUT2D eigenvalue weighted by Gasteiger charge is -2.23. The van der Waals surface area contributed by atoms with E-state index in [0.717, 1.165) is 36.2 Å². The van der Waals surface area contributed by atoms with Gasteiger partial charge in [-0.3, -0.25) is 4.31 Å². The van der Waals surface area contributed by atoms with E-state index in [0.29, 0.717) is 10.7 Å². The van der Waals surface area contributed by atoms with Gasteiger partial charge in [0.25, 0.3) is 0 Å². The van der Waals surface area contributed by atoms with Crippen LogP contribution in [-0.2, 0) is 11.0 Å². The number of para-hydroxylation sites is 1. The summed E-state index contributed by atoms with van der Waals surface area (Å²) in [4.78, 5) is 0.897. The molecule has 0 saturated carbocycles. The molecular weight excluding hydrogens is 270 g/mol. The van der Waals surface area contributed by atoms with Crippen molar-refractivity contribution in [2.75, 3.05) is 4.31 Å². The lowest BCUT2D eigenvalue weighted by molar-refractivity contribution is 0.220. The van der Waals surface area contributed by atoms with Gasteiger partial charge < -0.3 is 5.11 Å². The minimum absolute atomic E-state index is 0.518. The van der Waals surface area contributed by atoms with E-state index >= 15 is 0 Å². The number of halogens is 1. The monoisotopic (exact) mass is 283 g/mol. The van der Waals surface area contributed by atoms with Crippen LogP contribution in [0.2, 0.25) is 5.02 Å². The highest BCUT2D eigenvalue weighted by Crippen LogP contribution is 2.42. The van der Waals surface area contributed by atoms with Gasteiger partial charge in [0, 0.05) is 4.91 Å². The van der Waals surface area contributed by atoms with Crippen molar-refractivity contribution in [3.05, 3.63) is 39.8 Å². The van der Waals surface area contributed by atoms with Crippen molar-refractivity contribution in [1.82, 2.24) is 0 Å². The molecule has 2 aliphatic rings. The van der Waals surface area contributed by atoms with Gasteiger partial charge in [0.15, 0.2) is 17.2 Å². The molecule has 0 spiro atoms. The Morgan fingerprint density at radius 2 is 2.00 bits per heavy atom. The number of benzene rings is 1. The fourth-order valence-corrected chi connectivity index (χ4v) is 4.49. The van der Waals surface area contributed by atoms with Gasteiger partial charge in [-0.05, 0) is 43.4 Å². The predicted molar refractivity (Wildman–Crippen MR) is 73.6 cm³/mol. The molecule has 0 bridgehead atoms. The Balaban J connectivity index is 2.02. The molecule has 96 valence electrons. The van der Waals surface area contributed by atoms with Crippen LogP contribution in [0.3, 0.4) is 0 Å². The molecule has 1 N–H and O–H groups in total. The number of anilines is 1. The summed E-state index contributed by atoms with van der Waals surface area (Å²) < 4.78 is 14.0. The topological polar surface area (TPSA) is 40.5 Å². The normalized spacial score (nSPS) is 27.6. The molecule has 1 aliphatic carbocycles. The van der Waals surface area contributed by atoms with Crippen molar-refractivity contribution in [2.24, 2.45) is 0 Å². The van der Waals surface area contributed by atoms with E-state index in [1.807, 2.05) is 12.1 Å². The largest absolute Gasteiger partial charge is 0.369 e. The fraction of sp³-hybridized carbons (Fsp3) is 0.385. The van der Waals surface area contributed by atoms with Gasteiger partial charge in [0.1, 0.15) is 0 Å². The third-order valence-corrected chi connectivity index (χ3v) is 5.43. The highest BCUT2D eigenvalue weighted by molar-refractivity contribution is 7.90. The van der Waals surface area contributed by atoms with E-state index in [4.69, 9.17) is 11.6 Å². The molecule has 0 aromatic heterocycles. The van der Waals surface area contributed by atoms with E-state index in [2.05, 4.69) is 0 Å². The molecule has 1 aromatic rings. The maximum absolute atomic E-state index is 12.5. The molecule has 0 saturated heterocycles. The van der Waals surface area contributed by atoms with Gasteiger partial charge in [0.2, 0.25) is 0 Å². The second-order valence-corrected chi connectivity index (χ2v) is 6.35. The third kappa shape index (κ3) is 1.79. The first-order chi connectivity index (χ1) is 8.70. The van der Waals surface area contributed by atoms with Gasteiger partial charge >= 0.3 is 0 Å². The van der Waals surface area contributed by atoms with Gasteiger partial charge in [-0.25, -0.2) is 4.21 Å². The molecule has 0 fully saturated rings. The summed E-state index contributed by atoms with van der Waals surface area (Å²) in [7, 11) is -1.29. The van der Waals surface area contributed by atoms with Crippen LogP contribution in [0.5, 0.6) is 0 Å². The molecule has 1 heterocycles. The first-order valence-electron chi connectivity index (χ1n) is 6.06. The summed E-state index contributed by atoms with van der Waals surface area (Å²) in [5.74, 6) is 0. The van der Waals surface area contributed by atoms with Crippen molar-refractivity contribution in [3.63, 3.8) is 0 Å². The summed E-state index contributed by atoms with van der Waals surface area (Å²) in [6.45, 7) is 0. The SMILES string of the molecule is O=S1C2=C(CCCC2)[C@@H](O)N1c1ccccc1Cl. The zero-order valence-electron chi connectivity index (χ0n) is 9.80. The highest BCUT2D eigenvalue weighted by Gasteiger charge is 2.39. The van der Waals surface area contributed by atoms with E-state index < -0.39 is 17.2 Å². The van der Waals surface area contributed by atoms with Gasteiger partial charge in [-0.2, -0.15) is 0 Å². The molecule has 1 aromatic carbocycles. The summed E-state index contributed by atoms with van der Waals surface area (Å²) in [6, 6.07) is 7.20. The van der Waals surface area contributed by atoms with Crippen molar-refractivity contribution >= 4 is 28.3 Å². The number of aliphatic hydroxyl groups is 1. The van der Waals surface area contributed by atoms with Crippen LogP contribution in [0.1, 0.15) is 25.7 Å². The van der Waals surface area contributed by atoms with Crippen molar-refractivity contribution < 1.29 is 9.32 Å². The molecule has 2 atom stereocenters. The maximum Gasteiger partial charge on any atom is 0.162 e. The van der Waals surface area contributed by atoms with E-state index in [1.54, 1.807) is 12.1 Å². The number of nitrogens with zero attached hydrogens (tertiary/aromatic N) is 1. The summed E-state index contributed by atoms with van der Waals surface area (Å²) in [6.07, 6.45) is 2.97. The molecule has 3 rings (SSSR count). The van der Waals surface area contributed by atoms with Crippen LogP contribution in [0.25, 0.3) is 0 Å². The first-order valence-corrected chi connectivity index (χ1v) is 7.54. The second kappa shape index (κ2) is 4.68. The first kappa shape index (κ1) is 12.2. The fourth-order valence-electron chi connectivity index (χ4n) is 2.58. The smallest absolute Gasteiger partial charge is 0.162 e. The average molecular weight is 284 g/mol. The van der Waals surface area contributed by atoms with Crippen LogP contribution < -0.4 is 4.31 Å². The van der Waals surface area contributed by atoms with Crippen LogP contribution in [0, 0.1) is 0 Å². The summed E-state index contributed by atoms with van der Waals surface area (Å²) >= 11 is 6.13. The Morgan fingerprint density at radius 1 is 1.28 bits per heavy atom. The maximum atomic E-state index is 12.5. The molecule has 1 unspecified atom stereocenters. The van der Waals surface area contributed by atoms with Gasteiger partial charge in [0.05, 0.1) is 10.7 Å². The zero-order chi connectivity index (χ0) is 12.7. The summed E-state index contributed by atoms with van der Waals surface area (Å²) in [5.41, 5.74) is 1.57. The Hall–Kier alpha value is -0.840. The average Bonchev–Trinajstić information content (AvgIpc) is 2.64. The van der Waals surface area contributed by atoms with Crippen molar-refractivity contribution in [1.29, 1.82) is 0 Å². The minimum Gasteiger partial charge on any atom is -0.369 e. The third-order valence-electron chi connectivity index (χ3n) is 3.47. The quantitative estimate of drug-likeness (QED) is 0.861. The second-order valence-electron chi connectivity index (χ2n) is 4.56. The number of allylic oxidation sites excluding steroid dienone is 1. The van der Waals surface area contributed by atoms with Crippen LogP contribution in [-0.4, -0.2) is 15.5 Å². The summed E-state index contributed by atoms with van der Waals surface area (Å²) in [5, 5.41) is 10.9. The van der Waals surface area contributed by atoms with Crippen LogP contribution >= 0.6 is 11.6 Å². The number of hydrogen-bond acceptors (Lipinski definition) is 2. The molecule has 5 heteroatoms. The van der Waals surface area contributed by atoms with Crippen molar-refractivity contribution in [2.45, 2.75) is 31.9 Å². The standard InChI is InChI=1S/C13H14ClNO2S/c14-10-6-2-3-7-11(10)15-13(16)9-5-1-4-8-12(9)18(15)17/h2-3,6-7,13,16H,1,4-5,8H2/t13-,18?/m1/s1. The van der Waals surface area contributed by atoms with Crippen LogP contribution in [0.4, 0.5) is 5.69 Å². The Kier molecular flexibility index (Phi) is 3.18. The van der Waals surface area contributed by atoms with E-state index in [-0.39, 0.29) is 0 Å². The van der Waals surface area contributed by atoms with E-state index in [9.17, 15) is 9.32 Å².